The number of carbonyl (C=O) groups excluding carboxylic acids is 1. The molecular weight excluding hydrogens is 358 g/mol. The van der Waals surface area contributed by atoms with E-state index < -0.39 is 17.3 Å². The van der Waals surface area contributed by atoms with Crippen LogP contribution in [-0.4, -0.2) is 28.9 Å². The smallest absolute Gasteiger partial charge is 0.310 e. The van der Waals surface area contributed by atoms with E-state index in [1.54, 1.807) is 18.4 Å². The van der Waals surface area contributed by atoms with Gasteiger partial charge in [-0.15, -0.1) is 0 Å². The Morgan fingerprint density at radius 1 is 1.18 bits per heavy atom. The minimum absolute atomic E-state index is 0.253. The normalized spacial score (nSPS) is 12.7. The first-order valence-corrected chi connectivity index (χ1v) is 9.05. The second-order valence-corrected chi connectivity index (χ2v) is 7.10. The topological polar surface area (TPSA) is 83.3 Å². The van der Waals surface area contributed by atoms with E-state index in [2.05, 4.69) is 4.98 Å². The summed E-state index contributed by atoms with van der Waals surface area (Å²) in [7, 11) is 1.56. The van der Waals surface area contributed by atoms with Crippen molar-refractivity contribution < 1.29 is 4.79 Å². The van der Waals surface area contributed by atoms with Gasteiger partial charge in [-0.25, -0.2) is 9.36 Å². The molecule has 4 aromatic rings. The van der Waals surface area contributed by atoms with Gasteiger partial charge >= 0.3 is 5.69 Å². The Morgan fingerprint density at radius 2 is 1.86 bits per heavy atom. The Morgan fingerprint density at radius 3 is 2.50 bits per heavy atom. The average Bonchev–Trinajstić information content (AvgIpc) is 3.17. The third-order valence-corrected chi connectivity index (χ3v) is 5.25. The first-order valence-electron chi connectivity index (χ1n) is 9.05. The fraction of sp³-hybridized carbons (Fsp3) is 0.300. The predicted molar refractivity (Wildman–Crippen MR) is 106 cm³/mol. The van der Waals surface area contributed by atoms with Gasteiger partial charge in [0.25, 0.3) is 5.56 Å². The largest absolute Gasteiger partial charge is 0.333 e. The van der Waals surface area contributed by atoms with Crippen LogP contribution in [0.15, 0.2) is 46.1 Å². The van der Waals surface area contributed by atoms with Crippen molar-refractivity contribution in [2.24, 2.45) is 7.05 Å². The molecule has 0 bridgehead atoms. The molecule has 144 valence electrons. The van der Waals surface area contributed by atoms with Crippen LogP contribution in [0.2, 0.25) is 0 Å². The van der Waals surface area contributed by atoms with Crippen LogP contribution < -0.4 is 11.2 Å². The molecule has 0 radical (unpaired) electrons. The van der Waals surface area contributed by atoms with E-state index >= 15 is 0 Å². The number of carbonyl (C=O) groups is 1. The summed E-state index contributed by atoms with van der Waals surface area (Å²) in [6.07, 6.45) is 1.84. The zero-order chi connectivity index (χ0) is 20.2. The fourth-order valence-electron chi connectivity index (χ4n) is 3.51. The lowest BCUT2D eigenvalue weighted by Gasteiger charge is -2.12. The summed E-state index contributed by atoms with van der Waals surface area (Å²) in [5.41, 5.74) is 1.58. The lowest BCUT2D eigenvalue weighted by atomic mass is 10.2. The maximum absolute atomic E-state index is 13.1. The van der Waals surface area contributed by atoms with Crippen LogP contribution in [0.4, 0.5) is 0 Å². The van der Waals surface area contributed by atoms with Crippen LogP contribution in [0.25, 0.3) is 16.9 Å². The monoisotopic (exact) mass is 379 g/mol. The van der Waals surface area contributed by atoms with Crippen LogP contribution in [0.5, 0.6) is 0 Å². The molecule has 0 amide bonds. The second-order valence-electron chi connectivity index (χ2n) is 7.10. The van der Waals surface area contributed by atoms with Gasteiger partial charge in [0.1, 0.15) is 0 Å². The molecule has 4 rings (SSSR count). The zero-order valence-corrected chi connectivity index (χ0v) is 16.2. The number of hydrogen-bond acceptors (Lipinski definition) is 4. The van der Waals surface area contributed by atoms with Gasteiger partial charge in [-0.2, -0.15) is 4.98 Å². The van der Waals surface area contributed by atoms with Crippen molar-refractivity contribution in [3.8, 4) is 0 Å². The first-order chi connectivity index (χ1) is 13.3. The molecule has 0 spiro atoms. The highest BCUT2D eigenvalue weighted by atomic mass is 16.2. The highest BCUT2D eigenvalue weighted by molar-refractivity contribution is 5.80. The maximum atomic E-state index is 13.1. The third kappa shape index (κ3) is 2.52. The molecule has 0 aliphatic heterocycles. The molecule has 8 nitrogen and oxygen atoms in total. The Bertz CT molecular complexity index is 1340. The van der Waals surface area contributed by atoms with Gasteiger partial charge in [0.05, 0.1) is 12.6 Å². The SMILES string of the molecule is CC(=O)C(C)n1c(=O)c2c(nc3n(Cc4ccccc4)c(C)cn23)n(C)c1=O. The van der Waals surface area contributed by atoms with E-state index in [1.807, 2.05) is 48.0 Å². The van der Waals surface area contributed by atoms with Gasteiger partial charge in [-0.05, 0) is 26.3 Å². The standard InChI is InChI=1S/C20H21N5O3/c1-12-10-24-16-17(21-19(24)23(12)11-15-8-6-5-7-9-15)22(4)20(28)25(18(16)27)13(2)14(3)26/h5-10,13H,11H2,1-4H3. The van der Waals surface area contributed by atoms with Crippen LogP contribution >= 0.6 is 0 Å². The van der Waals surface area contributed by atoms with Crippen LogP contribution in [0, 0.1) is 6.92 Å². The number of fused-ring (bicyclic) bond motifs is 3. The number of hydrogen-bond donors (Lipinski definition) is 0. The van der Waals surface area contributed by atoms with Gasteiger partial charge in [0.2, 0.25) is 5.78 Å². The molecule has 28 heavy (non-hydrogen) atoms. The number of nitrogens with zero attached hydrogens (tertiary/aromatic N) is 5. The van der Waals surface area contributed by atoms with E-state index in [4.69, 9.17) is 0 Å². The van der Waals surface area contributed by atoms with Crippen molar-refractivity contribution >= 4 is 22.7 Å². The summed E-state index contributed by atoms with van der Waals surface area (Å²) in [6, 6.07) is 9.11. The van der Waals surface area contributed by atoms with E-state index in [0.717, 1.165) is 15.8 Å². The maximum Gasteiger partial charge on any atom is 0.333 e. The molecule has 1 unspecified atom stereocenters. The minimum Gasteiger partial charge on any atom is -0.310 e. The predicted octanol–water partition coefficient (Wildman–Crippen LogP) is 1.66. The Labute approximate surface area is 160 Å². The number of Topliss-reactive ketones (excluding diaryl/α,β-unsaturated/α-hetero) is 1. The van der Waals surface area contributed by atoms with Crippen molar-refractivity contribution in [2.75, 3.05) is 0 Å². The lowest BCUT2D eigenvalue weighted by Crippen LogP contribution is -2.42. The molecule has 0 saturated carbocycles. The lowest BCUT2D eigenvalue weighted by molar-refractivity contribution is -0.119. The molecule has 3 heterocycles. The molecule has 1 aromatic carbocycles. The Hall–Kier alpha value is -3.42. The van der Waals surface area contributed by atoms with Crippen LogP contribution in [-0.2, 0) is 18.4 Å². The Kier molecular flexibility index (Phi) is 4.06. The summed E-state index contributed by atoms with van der Waals surface area (Å²) < 4.78 is 6.03. The fourth-order valence-corrected chi connectivity index (χ4v) is 3.51. The quantitative estimate of drug-likeness (QED) is 0.540. The van der Waals surface area contributed by atoms with E-state index in [1.165, 1.54) is 11.5 Å². The molecule has 8 heteroatoms. The molecule has 1 atom stereocenters. The zero-order valence-electron chi connectivity index (χ0n) is 16.2. The van der Waals surface area contributed by atoms with E-state index in [0.29, 0.717) is 23.5 Å². The number of ketones is 1. The van der Waals surface area contributed by atoms with Crippen molar-refractivity contribution in [1.29, 1.82) is 0 Å². The summed E-state index contributed by atoms with van der Waals surface area (Å²) in [6.45, 7) is 5.47. The second kappa shape index (κ2) is 6.33. The van der Waals surface area contributed by atoms with Crippen LogP contribution in [0.3, 0.4) is 0 Å². The number of imidazole rings is 2. The van der Waals surface area contributed by atoms with E-state index in [-0.39, 0.29) is 5.78 Å². The number of benzene rings is 1. The first kappa shape index (κ1) is 18.0. The highest BCUT2D eigenvalue weighted by Crippen LogP contribution is 2.18. The van der Waals surface area contributed by atoms with Crippen molar-refractivity contribution in [2.45, 2.75) is 33.4 Å². The van der Waals surface area contributed by atoms with Crippen molar-refractivity contribution in [3.63, 3.8) is 0 Å². The van der Waals surface area contributed by atoms with Gasteiger partial charge in [-0.3, -0.25) is 18.6 Å². The molecular formula is C20H21N5O3. The van der Waals surface area contributed by atoms with Gasteiger partial charge in [0, 0.05) is 18.9 Å². The van der Waals surface area contributed by atoms with E-state index in [9.17, 15) is 14.4 Å². The van der Waals surface area contributed by atoms with Crippen molar-refractivity contribution in [1.82, 2.24) is 23.1 Å². The molecule has 0 saturated heterocycles. The minimum atomic E-state index is -0.839. The average molecular weight is 379 g/mol. The highest BCUT2D eigenvalue weighted by Gasteiger charge is 2.23. The summed E-state index contributed by atoms with van der Waals surface area (Å²) >= 11 is 0. The number of aromatic nitrogens is 5. The Balaban J connectivity index is 2.04. The summed E-state index contributed by atoms with van der Waals surface area (Å²) in [5.74, 6) is 0.328. The number of aryl methyl sites for hydroxylation is 2. The van der Waals surface area contributed by atoms with Gasteiger partial charge in [-0.1, -0.05) is 30.3 Å². The summed E-state index contributed by atoms with van der Waals surface area (Å²) in [5, 5.41) is 0. The molecule has 0 N–H and O–H groups in total. The molecule has 0 aliphatic rings. The summed E-state index contributed by atoms with van der Waals surface area (Å²) in [4.78, 5) is 42.3. The number of rotatable bonds is 4. The van der Waals surface area contributed by atoms with Crippen molar-refractivity contribution in [3.05, 3.63) is 68.6 Å². The molecule has 3 aromatic heterocycles. The van der Waals surface area contributed by atoms with Crippen LogP contribution in [0.1, 0.15) is 31.1 Å². The molecule has 0 fully saturated rings. The van der Waals surface area contributed by atoms with Gasteiger partial charge < -0.3 is 4.57 Å². The molecule has 0 aliphatic carbocycles. The third-order valence-electron chi connectivity index (χ3n) is 5.25. The van der Waals surface area contributed by atoms with Gasteiger partial charge in [0.15, 0.2) is 16.9 Å².